The van der Waals surface area contributed by atoms with Crippen LogP contribution in [0, 0.1) is 0 Å². The van der Waals surface area contributed by atoms with E-state index in [0.717, 1.165) is 62.2 Å². The van der Waals surface area contributed by atoms with Crippen molar-refractivity contribution in [3.05, 3.63) is 60.3 Å². The maximum Gasteiger partial charge on any atom is 0.173 e. The molecule has 0 radical (unpaired) electrons. The number of aromatic nitrogens is 1. The van der Waals surface area contributed by atoms with Gasteiger partial charge in [-0.15, -0.1) is 0 Å². The first-order valence-corrected chi connectivity index (χ1v) is 12.0. The predicted molar refractivity (Wildman–Crippen MR) is 140 cm³/mol. The molecule has 5 nitrogen and oxygen atoms in total. The number of rotatable bonds is 11. The quantitative estimate of drug-likeness (QED) is 0.383. The van der Waals surface area contributed by atoms with Gasteiger partial charge in [-0.1, -0.05) is 32.0 Å². The molecule has 0 aliphatic carbocycles. The number of ether oxygens (including phenoxy) is 1. The molecule has 0 fully saturated rings. The van der Waals surface area contributed by atoms with Crippen LogP contribution in [0.1, 0.15) is 32.8 Å². The first-order valence-electron chi connectivity index (χ1n) is 11.6. The average Bonchev–Trinajstić information content (AvgIpc) is 3.19. The lowest BCUT2D eigenvalue weighted by atomic mass is 10.1. The van der Waals surface area contributed by atoms with Gasteiger partial charge in [0.1, 0.15) is 5.75 Å². The molecule has 0 unspecified atom stereocenters. The number of anilines is 1. The van der Waals surface area contributed by atoms with E-state index >= 15 is 0 Å². The van der Waals surface area contributed by atoms with Crippen LogP contribution in [-0.2, 0) is 13.1 Å². The van der Waals surface area contributed by atoms with E-state index in [1.807, 2.05) is 24.3 Å². The zero-order valence-electron chi connectivity index (χ0n) is 19.8. The SMILES string of the molecule is CCN(CC)CCCN(Cc1cn(CC)c2ccccc12)C(=S)Nc1ccc(OC)cc1. The zero-order chi connectivity index (χ0) is 22.9. The van der Waals surface area contributed by atoms with Crippen LogP contribution in [0.2, 0.25) is 0 Å². The smallest absolute Gasteiger partial charge is 0.173 e. The topological polar surface area (TPSA) is 32.7 Å². The Balaban J connectivity index is 1.79. The third-order valence-electron chi connectivity index (χ3n) is 6.00. The number of thiocarbonyl (C=S) groups is 1. The lowest BCUT2D eigenvalue weighted by molar-refractivity contribution is 0.281. The molecule has 1 heterocycles. The monoisotopic (exact) mass is 452 g/mol. The number of nitrogens with one attached hydrogen (secondary N) is 1. The average molecular weight is 453 g/mol. The van der Waals surface area contributed by atoms with E-state index in [-0.39, 0.29) is 0 Å². The summed E-state index contributed by atoms with van der Waals surface area (Å²) in [6.07, 6.45) is 3.34. The molecule has 1 aromatic heterocycles. The minimum atomic E-state index is 0.753. The summed E-state index contributed by atoms with van der Waals surface area (Å²) in [5.74, 6) is 0.838. The van der Waals surface area contributed by atoms with Gasteiger partial charge >= 0.3 is 0 Å². The van der Waals surface area contributed by atoms with E-state index in [2.05, 4.69) is 70.9 Å². The second-order valence-corrected chi connectivity index (χ2v) is 8.30. The van der Waals surface area contributed by atoms with Crippen LogP contribution < -0.4 is 10.1 Å². The molecule has 0 saturated carbocycles. The maximum absolute atomic E-state index is 5.87. The van der Waals surface area contributed by atoms with Crippen molar-refractivity contribution in [3.8, 4) is 5.75 Å². The van der Waals surface area contributed by atoms with Gasteiger partial charge in [-0.25, -0.2) is 0 Å². The zero-order valence-corrected chi connectivity index (χ0v) is 20.6. The number of para-hydroxylation sites is 1. The number of methoxy groups -OCH3 is 1. The molecule has 0 amide bonds. The minimum Gasteiger partial charge on any atom is -0.497 e. The Labute approximate surface area is 198 Å². The maximum atomic E-state index is 5.87. The second-order valence-electron chi connectivity index (χ2n) is 7.92. The Morgan fingerprint density at radius 2 is 1.72 bits per heavy atom. The third kappa shape index (κ3) is 6.02. The van der Waals surface area contributed by atoms with E-state index in [1.54, 1.807) is 7.11 Å². The van der Waals surface area contributed by atoms with Gasteiger partial charge in [-0.3, -0.25) is 0 Å². The van der Waals surface area contributed by atoms with Crippen LogP contribution in [0.4, 0.5) is 5.69 Å². The van der Waals surface area contributed by atoms with Crippen LogP contribution in [-0.4, -0.2) is 52.8 Å². The molecule has 6 heteroatoms. The van der Waals surface area contributed by atoms with Crippen molar-refractivity contribution >= 4 is 33.9 Å². The van der Waals surface area contributed by atoms with Gasteiger partial charge in [0.2, 0.25) is 0 Å². The lowest BCUT2D eigenvalue weighted by Gasteiger charge is -2.27. The first kappa shape index (κ1) is 24.1. The fraction of sp³-hybridized carbons (Fsp3) is 0.423. The van der Waals surface area contributed by atoms with Crippen molar-refractivity contribution in [2.45, 2.75) is 40.3 Å². The van der Waals surface area contributed by atoms with E-state index in [9.17, 15) is 0 Å². The highest BCUT2D eigenvalue weighted by Crippen LogP contribution is 2.23. The first-order chi connectivity index (χ1) is 15.6. The molecular weight excluding hydrogens is 416 g/mol. The van der Waals surface area contributed by atoms with Gasteiger partial charge in [0.05, 0.1) is 7.11 Å². The summed E-state index contributed by atoms with van der Waals surface area (Å²) in [6.45, 7) is 12.5. The van der Waals surface area contributed by atoms with Crippen LogP contribution in [0.3, 0.4) is 0 Å². The Morgan fingerprint density at radius 1 is 1.00 bits per heavy atom. The fourth-order valence-electron chi connectivity index (χ4n) is 4.07. The third-order valence-corrected chi connectivity index (χ3v) is 6.36. The Bertz CT molecular complexity index is 995. The molecular formula is C26H36N4OS. The Hall–Kier alpha value is -2.57. The summed E-state index contributed by atoms with van der Waals surface area (Å²) in [5, 5.41) is 5.48. The summed E-state index contributed by atoms with van der Waals surface area (Å²) in [7, 11) is 1.68. The van der Waals surface area contributed by atoms with Crippen molar-refractivity contribution in [2.24, 2.45) is 0 Å². The van der Waals surface area contributed by atoms with Gasteiger partial charge < -0.3 is 24.4 Å². The van der Waals surface area contributed by atoms with E-state index < -0.39 is 0 Å². The number of hydrogen-bond donors (Lipinski definition) is 1. The van der Waals surface area contributed by atoms with Crippen molar-refractivity contribution in [1.29, 1.82) is 0 Å². The summed E-state index contributed by atoms with van der Waals surface area (Å²) < 4.78 is 7.59. The molecule has 2 aromatic carbocycles. The van der Waals surface area contributed by atoms with Crippen molar-refractivity contribution in [2.75, 3.05) is 38.6 Å². The van der Waals surface area contributed by atoms with E-state index in [4.69, 9.17) is 17.0 Å². The van der Waals surface area contributed by atoms with Gasteiger partial charge in [-0.2, -0.15) is 0 Å². The molecule has 1 N–H and O–H groups in total. The summed E-state index contributed by atoms with van der Waals surface area (Å²) >= 11 is 5.87. The van der Waals surface area contributed by atoms with Crippen molar-refractivity contribution in [3.63, 3.8) is 0 Å². The number of fused-ring (bicyclic) bond motifs is 1. The Kier molecular flexibility index (Phi) is 8.94. The number of benzene rings is 2. The summed E-state index contributed by atoms with van der Waals surface area (Å²) in [5.41, 5.74) is 3.56. The molecule has 0 atom stereocenters. The molecule has 0 aliphatic heterocycles. The summed E-state index contributed by atoms with van der Waals surface area (Å²) in [6, 6.07) is 16.5. The molecule has 32 heavy (non-hydrogen) atoms. The number of nitrogens with zero attached hydrogens (tertiary/aromatic N) is 3. The van der Waals surface area contributed by atoms with Crippen LogP contribution in [0.25, 0.3) is 10.9 Å². The number of hydrogen-bond acceptors (Lipinski definition) is 3. The van der Waals surface area contributed by atoms with Crippen molar-refractivity contribution in [1.82, 2.24) is 14.4 Å². The molecule has 0 bridgehead atoms. The highest BCUT2D eigenvalue weighted by molar-refractivity contribution is 7.80. The van der Waals surface area contributed by atoms with Crippen LogP contribution in [0.5, 0.6) is 5.75 Å². The van der Waals surface area contributed by atoms with Gasteiger partial charge in [0, 0.05) is 42.4 Å². The van der Waals surface area contributed by atoms with Crippen LogP contribution in [0.15, 0.2) is 54.7 Å². The van der Waals surface area contributed by atoms with Gasteiger partial charge in [0.15, 0.2) is 5.11 Å². The van der Waals surface area contributed by atoms with Crippen LogP contribution >= 0.6 is 12.2 Å². The normalized spacial score (nSPS) is 11.2. The molecule has 0 saturated heterocycles. The minimum absolute atomic E-state index is 0.753. The van der Waals surface area contributed by atoms with E-state index in [1.165, 1.54) is 16.5 Å². The molecule has 0 aliphatic rings. The number of aryl methyl sites for hydroxylation is 1. The summed E-state index contributed by atoms with van der Waals surface area (Å²) in [4.78, 5) is 4.76. The molecule has 0 spiro atoms. The van der Waals surface area contributed by atoms with Gasteiger partial charge in [0.25, 0.3) is 0 Å². The highest BCUT2D eigenvalue weighted by Gasteiger charge is 2.15. The highest BCUT2D eigenvalue weighted by atomic mass is 32.1. The molecule has 3 aromatic rings. The molecule has 172 valence electrons. The lowest BCUT2D eigenvalue weighted by Crippen LogP contribution is -2.36. The molecule has 3 rings (SSSR count). The standard InChI is InChI=1S/C26H36N4OS/c1-5-28(6-2)17-10-18-30(26(32)27-22-13-15-23(31-4)16-14-22)20-21-19-29(7-3)25-12-9-8-11-24(21)25/h8-9,11-16,19H,5-7,10,17-18,20H2,1-4H3,(H,27,32). The predicted octanol–water partition coefficient (Wildman–Crippen LogP) is 5.60. The van der Waals surface area contributed by atoms with Crippen molar-refractivity contribution < 1.29 is 4.74 Å². The Morgan fingerprint density at radius 3 is 2.38 bits per heavy atom. The largest absolute Gasteiger partial charge is 0.497 e. The second kappa shape index (κ2) is 11.9. The fourth-order valence-corrected chi connectivity index (χ4v) is 4.34. The van der Waals surface area contributed by atoms with E-state index in [0.29, 0.717) is 0 Å². The van der Waals surface area contributed by atoms with Gasteiger partial charge in [-0.05, 0) is 81.1 Å².